The average Bonchev–Trinajstić information content (AvgIpc) is 3.28. The molecule has 0 atom stereocenters. The van der Waals surface area contributed by atoms with Crippen LogP contribution >= 0.6 is 11.8 Å². The molecule has 0 aliphatic heterocycles. The Balaban J connectivity index is 1.45. The largest absolute Gasteiger partial charge is 0.461 e. The van der Waals surface area contributed by atoms with Crippen LogP contribution in [0.25, 0.3) is 22.5 Å². The highest BCUT2D eigenvalue weighted by Crippen LogP contribution is 2.29. The number of fused-ring (bicyclic) bond motifs is 1. The van der Waals surface area contributed by atoms with E-state index in [1.807, 2.05) is 24.3 Å². The van der Waals surface area contributed by atoms with Gasteiger partial charge in [-0.1, -0.05) is 24.3 Å². The molecule has 3 N–H and O–H groups in total. The summed E-state index contributed by atoms with van der Waals surface area (Å²) in [5.74, 6) is 1.28. The normalized spacial score (nSPS) is 11.5. The highest BCUT2D eigenvalue weighted by Gasteiger charge is 2.13. The van der Waals surface area contributed by atoms with Crippen LogP contribution in [0.15, 0.2) is 81.3 Å². The van der Waals surface area contributed by atoms with Gasteiger partial charge in [0, 0.05) is 23.2 Å². The summed E-state index contributed by atoms with van der Waals surface area (Å²) in [6.07, 6.45) is 1.77. The molecule has 1 amide bonds. The third-order valence-electron chi connectivity index (χ3n) is 4.32. The molecule has 0 radical (unpaired) electrons. The summed E-state index contributed by atoms with van der Waals surface area (Å²) in [6.45, 7) is 0. The summed E-state index contributed by atoms with van der Waals surface area (Å²) in [4.78, 5) is 21.4. The van der Waals surface area contributed by atoms with Gasteiger partial charge in [0.15, 0.2) is 11.6 Å². The Hall–Kier alpha value is -3.21. The van der Waals surface area contributed by atoms with Crippen LogP contribution in [0.2, 0.25) is 0 Å². The van der Waals surface area contributed by atoms with Crippen molar-refractivity contribution in [2.24, 2.45) is 5.14 Å². The fourth-order valence-corrected chi connectivity index (χ4v) is 4.41. The topological polar surface area (TPSA) is 128 Å². The summed E-state index contributed by atoms with van der Waals surface area (Å²) in [5, 5.41) is 9.47. The second kappa shape index (κ2) is 8.88. The molecule has 2 aromatic heterocycles. The number of amides is 1. The number of carbonyl (C=O) groups excluding carboxylic acids is 1. The third kappa shape index (κ3) is 5.10. The van der Waals surface area contributed by atoms with Gasteiger partial charge < -0.3 is 9.73 Å². The van der Waals surface area contributed by atoms with Gasteiger partial charge in [0.1, 0.15) is 5.03 Å². The predicted molar refractivity (Wildman–Crippen MR) is 119 cm³/mol. The average molecular weight is 455 g/mol. The van der Waals surface area contributed by atoms with Crippen molar-refractivity contribution in [1.82, 2.24) is 9.97 Å². The summed E-state index contributed by atoms with van der Waals surface area (Å²) < 4.78 is 28.3. The Morgan fingerprint density at radius 2 is 1.90 bits per heavy atom. The predicted octanol–water partition coefficient (Wildman–Crippen LogP) is 3.66. The number of hydrogen-bond acceptors (Lipinski definition) is 7. The minimum Gasteiger partial charge on any atom is -0.461 e. The number of primary sulfonamides is 1. The van der Waals surface area contributed by atoms with E-state index in [0.717, 1.165) is 15.9 Å². The van der Waals surface area contributed by atoms with Crippen molar-refractivity contribution in [3.05, 3.63) is 66.9 Å². The van der Waals surface area contributed by atoms with Gasteiger partial charge in [-0.05, 0) is 36.4 Å². The van der Waals surface area contributed by atoms with E-state index in [2.05, 4.69) is 15.3 Å². The first-order valence-electron chi connectivity index (χ1n) is 9.26. The second-order valence-electron chi connectivity index (χ2n) is 6.57. The molecule has 0 saturated heterocycles. The van der Waals surface area contributed by atoms with Gasteiger partial charge >= 0.3 is 0 Å². The zero-order valence-electron chi connectivity index (χ0n) is 16.2. The van der Waals surface area contributed by atoms with Crippen molar-refractivity contribution in [2.45, 2.75) is 16.3 Å². The van der Waals surface area contributed by atoms with Gasteiger partial charge in [0.2, 0.25) is 15.9 Å². The summed E-state index contributed by atoms with van der Waals surface area (Å²) >= 11 is 1.44. The lowest BCUT2D eigenvalue weighted by molar-refractivity contribution is -0.115. The number of benzene rings is 2. The number of para-hydroxylation sites is 1. The Labute approximate surface area is 182 Å². The Bertz CT molecular complexity index is 1340. The van der Waals surface area contributed by atoms with Crippen molar-refractivity contribution in [3.63, 3.8) is 0 Å². The van der Waals surface area contributed by atoms with Crippen molar-refractivity contribution in [1.29, 1.82) is 0 Å². The number of sulfonamides is 1. The Kier molecular flexibility index (Phi) is 6.03. The number of rotatable bonds is 7. The lowest BCUT2D eigenvalue weighted by Crippen LogP contribution is -2.15. The number of nitrogens with two attached hydrogens (primary N) is 1. The molecular weight excluding hydrogens is 436 g/mol. The van der Waals surface area contributed by atoms with Gasteiger partial charge in [-0.15, -0.1) is 11.8 Å². The second-order valence-corrected chi connectivity index (χ2v) is 9.21. The van der Waals surface area contributed by atoms with Crippen LogP contribution in [0.4, 0.5) is 5.69 Å². The van der Waals surface area contributed by atoms with Crippen LogP contribution in [0.1, 0.15) is 6.42 Å². The van der Waals surface area contributed by atoms with Crippen molar-refractivity contribution in [2.75, 3.05) is 11.1 Å². The number of nitrogens with one attached hydrogen (secondary N) is 1. The molecule has 0 saturated carbocycles. The Morgan fingerprint density at radius 1 is 1.06 bits per heavy atom. The zero-order chi connectivity index (χ0) is 21.8. The first-order chi connectivity index (χ1) is 14.9. The number of thioether (sulfide) groups is 1. The molecule has 0 bridgehead atoms. The van der Waals surface area contributed by atoms with Gasteiger partial charge in [-0.25, -0.2) is 23.5 Å². The maximum atomic E-state index is 12.3. The molecule has 8 nitrogen and oxygen atoms in total. The van der Waals surface area contributed by atoms with Gasteiger partial charge in [-0.3, -0.25) is 4.79 Å². The fourth-order valence-electron chi connectivity index (χ4n) is 2.89. The zero-order valence-corrected chi connectivity index (χ0v) is 17.8. The molecule has 0 unspecified atom stereocenters. The molecule has 10 heteroatoms. The van der Waals surface area contributed by atoms with E-state index >= 15 is 0 Å². The SMILES string of the molecule is NS(=O)(=O)c1cccc(NC(=O)CCSc2nc(-c3ccco3)nc3ccccc23)c1. The van der Waals surface area contributed by atoms with E-state index in [0.29, 0.717) is 23.0 Å². The third-order valence-corrected chi connectivity index (χ3v) is 6.23. The van der Waals surface area contributed by atoms with Gasteiger partial charge in [0.05, 0.1) is 16.7 Å². The number of furan rings is 1. The van der Waals surface area contributed by atoms with Gasteiger partial charge in [-0.2, -0.15) is 0 Å². The maximum Gasteiger partial charge on any atom is 0.238 e. The van der Waals surface area contributed by atoms with Gasteiger partial charge in [0.25, 0.3) is 0 Å². The van der Waals surface area contributed by atoms with Crippen molar-refractivity contribution < 1.29 is 17.6 Å². The molecule has 31 heavy (non-hydrogen) atoms. The lowest BCUT2D eigenvalue weighted by atomic mass is 10.2. The van der Waals surface area contributed by atoms with E-state index in [-0.39, 0.29) is 17.2 Å². The molecule has 0 aliphatic carbocycles. The number of nitrogens with zero attached hydrogens (tertiary/aromatic N) is 2. The van der Waals surface area contributed by atoms with Crippen molar-refractivity contribution in [3.8, 4) is 11.6 Å². The van der Waals surface area contributed by atoms with Crippen molar-refractivity contribution >= 4 is 44.3 Å². The highest BCUT2D eigenvalue weighted by molar-refractivity contribution is 7.99. The van der Waals surface area contributed by atoms with Crippen LogP contribution in [0.3, 0.4) is 0 Å². The standard InChI is InChI=1S/C21H18N4O4S2/c22-31(27,28)15-6-3-5-14(13-15)23-19(26)10-12-30-21-16-7-1-2-8-17(16)24-20(25-21)18-9-4-11-29-18/h1-9,11,13H,10,12H2,(H,23,26)(H2,22,27,28). The van der Waals surface area contributed by atoms with E-state index in [9.17, 15) is 13.2 Å². The van der Waals surface area contributed by atoms with Crippen LogP contribution < -0.4 is 10.5 Å². The minimum atomic E-state index is -3.83. The summed E-state index contributed by atoms with van der Waals surface area (Å²) in [7, 11) is -3.83. The first-order valence-corrected chi connectivity index (χ1v) is 11.8. The number of carbonyl (C=O) groups is 1. The molecule has 0 spiro atoms. The minimum absolute atomic E-state index is 0.0578. The number of hydrogen-bond donors (Lipinski definition) is 2. The number of aromatic nitrogens is 2. The quantitative estimate of drug-likeness (QED) is 0.322. The van der Waals surface area contributed by atoms with E-state index in [1.165, 1.54) is 30.0 Å². The van der Waals surface area contributed by atoms with E-state index in [1.54, 1.807) is 24.5 Å². The van der Waals surface area contributed by atoms with Crippen LogP contribution in [-0.2, 0) is 14.8 Å². The van der Waals surface area contributed by atoms with E-state index in [4.69, 9.17) is 9.56 Å². The van der Waals surface area contributed by atoms with E-state index < -0.39 is 10.0 Å². The fraction of sp³-hybridized carbons (Fsp3) is 0.0952. The summed E-state index contributed by atoms with van der Waals surface area (Å²) in [5.41, 5.74) is 1.16. The first kappa shape index (κ1) is 21.0. The van der Waals surface area contributed by atoms with Crippen LogP contribution in [0.5, 0.6) is 0 Å². The number of anilines is 1. The molecule has 158 valence electrons. The summed E-state index contributed by atoms with van der Waals surface area (Å²) in [6, 6.07) is 17.0. The highest BCUT2D eigenvalue weighted by atomic mass is 32.2. The maximum absolute atomic E-state index is 12.3. The van der Waals surface area contributed by atoms with Crippen LogP contribution in [-0.4, -0.2) is 30.0 Å². The molecule has 0 fully saturated rings. The molecule has 2 aromatic carbocycles. The smallest absolute Gasteiger partial charge is 0.238 e. The molecular formula is C21H18N4O4S2. The molecule has 2 heterocycles. The lowest BCUT2D eigenvalue weighted by Gasteiger charge is -2.08. The molecule has 4 aromatic rings. The van der Waals surface area contributed by atoms with Crippen LogP contribution in [0, 0.1) is 0 Å². The molecule has 4 rings (SSSR count). The monoisotopic (exact) mass is 454 g/mol. The Morgan fingerprint density at radius 3 is 2.68 bits per heavy atom. The molecule has 0 aliphatic rings.